The first kappa shape index (κ1) is 57.6. The van der Waals surface area contributed by atoms with Gasteiger partial charge in [-0.15, -0.1) is 0 Å². The lowest BCUT2D eigenvalue weighted by Crippen LogP contribution is -2.65. The van der Waals surface area contributed by atoms with E-state index in [0.717, 1.165) is 48.6 Å². The van der Waals surface area contributed by atoms with Crippen molar-refractivity contribution in [3.63, 3.8) is 0 Å². The third-order valence-corrected chi connectivity index (χ3v) is 12.8. The molecule has 3 saturated heterocycles. The highest BCUT2D eigenvalue weighted by molar-refractivity contribution is 5.89. The Morgan fingerprint density at radius 1 is 0.532 bits per heavy atom. The fraction of sp³-hybridized carbons (Fsp3) is 0.365. The number of aromatic hydroxyl groups is 6. The maximum absolute atomic E-state index is 13.0. The summed E-state index contributed by atoms with van der Waals surface area (Å²) in [6, 6.07) is 14.5. The minimum atomic E-state index is -2.18. The number of carbonyl (C=O) groups excluding carboxylic acids is 2. The normalized spacial score (nSPS) is 29.1. The highest BCUT2D eigenvalue weighted by Gasteiger charge is 2.53. The molecule has 0 amide bonds. The Kier molecular flexibility index (Phi) is 17.9. The summed E-state index contributed by atoms with van der Waals surface area (Å²) in [6.07, 6.45) is -24.5. The van der Waals surface area contributed by atoms with Crippen LogP contribution in [-0.2, 0) is 38.0 Å². The van der Waals surface area contributed by atoms with Gasteiger partial charge in [-0.2, -0.15) is 0 Å². The van der Waals surface area contributed by atoms with Crippen molar-refractivity contribution in [2.24, 2.45) is 0 Å². The number of hydrogen-bond acceptors (Lipinski definition) is 26. The third kappa shape index (κ3) is 13.0. The van der Waals surface area contributed by atoms with Crippen LogP contribution in [0.5, 0.6) is 51.7 Å². The molecule has 4 heterocycles. The van der Waals surface area contributed by atoms with Crippen LogP contribution in [0.25, 0.3) is 34.4 Å². The van der Waals surface area contributed by atoms with Crippen LogP contribution in [0.2, 0.25) is 0 Å². The van der Waals surface area contributed by atoms with Crippen LogP contribution in [0.4, 0.5) is 0 Å². The van der Waals surface area contributed by atoms with Crippen LogP contribution in [0.3, 0.4) is 0 Å². The average molecular weight is 1110 g/mol. The predicted octanol–water partition coefficient (Wildman–Crippen LogP) is -0.667. The molecule has 0 aliphatic carbocycles. The topological polar surface area (TPSA) is 432 Å². The second-order valence-electron chi connectivity index (χ2n) is 18.2. The fourth-order valence-corrected chi connectivity index (χ4v) is 8.44. The van der Waals surface area contributed by atoms with Gasteiger partial charge in [0.2, 0.25) is 18.3 Å². The van der Waals surface area contributed by atoms with E-state index < -0.39 is 158 Å². The summed E-state index contributed by atoms with van der Waals surface area (Å²) in [7, 11) is 1.32. The van der Waals surface area contributed by atoms with Crippen molar-refractivity contribution in [1.82, 2.24) is 0 Å². The van der Waals surface area contributed by atoms with Crippen LogP contribution in [0, 0.1) is 0 Å². The van der Waals surface area contributed by atoms with Gasteiger partial charge in [0.25, 0.3) is 0 Å². The van der Waals surface area contributed by atoms with Gasteiger partial charge in [0, 0.05) is 30.4 Å². The van der Waals surface area contributed by atoms with Gasteiger partial charge in [0.1, 0.15) is 97.2 Å². The molecule has 3 aliphatic heterocycles. The van der Waals surface area contributed by atoms with Gasteiger partial charge in [0.15, 0.2) is 46.9 Å². The van der Waals surface area contributed by atoms with Crippen molar-refractivity contribution in [2.45, 2.75) is 92.1 Å². The van der Waals surface area contributed by atoms with Gasteiger partial charge in [-0.25, -0.2) is 14.0 Å². The Morgan fingerprint density at radius 3 is 1.67 bits per heavy atom. The number of hydrogen-bond donors (Lipinski definition) is 15. The number of phenolic OH excluding ortho intramolecular Hbond substituents is 6. The van der Waals surface area contributed by atoms with Gasteiger partial charge < -0.3 is 119 Å². The monoisotopic (exact) mass is 1110 g/mol. The minimum Gasteiger partial charge on any atom is -0.507 e. The molecule has 5 aromatic rings. The quantitative estimate of drug-likeness (QED) is 0.0238. The lowest BCUT2D eigenvalue weighted by atomic mass is 9.97. The number of methoxy groups -OCH3 is 1. The number of carbonyl (C=O) groups is 2. The molecule has 1 aromatic heterocycles. The Balaban J connectivity index is 1.13. The maximum atomic E-state index is 13.0. The first-order chi connectivity index (χ1) is 37.6. The van der Waals surface area contributed by atoms with E-state index in [1.807, 2.05) is 0 Å². The van der Waals surface area contributed by atoms with E-state index in [-0.39, 0.29) is 45.1 Å². The fourth-order valence-electron chi connectivity index (χ4n) is 8.44. The van der Waals surface area contributed by atoms with E-state index in [0.29, 0.717) is 5.56 Å². The molecule has 0 bridgehead atoms. The Bertz CT molecular complexity index is 3040. The van der Waals surface area contributed by atoms with Crippen molar-refractivity contribution in [3.05, 3.63) is 96.1 Å². The van der Waals surface area contributed by atoms with Crippen molar-refractivity contribution in [3.8, 4) is 63.1 Å². The van der Waals surface area contributed by atoms with Gasteiger partial charge >= 0.3 is 23.3 Å². The van der Waals surface area contributed by atoms with Crippen molar-refractivity contribution < 1.29 is 133 Å². The largest absolute Gasteiger partial charge is 0.507 e. The molecule has 79 heavy (non-hydrogen) atoms. The molecule has 27 nitrogen and oxygen atoms in total. The summed E-state index contributed by atoms with van der Waals surface area (Å²) in [4.78, 5) is 25.8. The van der Waals surface area contributed by atoms with Gasteiger partial charge in [0.05, 0.1) is 25.3 Å². The van der Waals surface area contributed by atoms with E-state index in [9.17, 15) is 86.2 Å². The second kappa shape index (κ2) is 24.6. The van der Waals surface area contributed by atoms with Crippen molar-refractivity contribution >= 4 is 35.1 Å². The number of aliphatic hydroxyl groups is 9. The Morgan fingerprint density at radius 2 is 1.06 bits per heavy atom. The lowest BCUT2D eigenvalue weighted by molar-refractivity contribution is -0.358. The summed E-state index contributed by atoms with van der Waals surface area (Å²) in [6.45, 7) is -2.44. The van der Waals surface area contributed by atoms with E-state index in [1.54, 1.807) is 0 Å². The molecular weight excluding hydrogens is 1060 g/mol. The molecule has 8 rings (SSSR count). The third-order valence-electron chi connectivity index (χ3n) is 12.8. The Hall–Kier alpha value is -7.61. The second-order valence-corrected chi connectivity index (χ2v) is 18.2. The molecule has 3 aliphatic rings. The predicted molar refractivity (Wildman–Crippen MR) is 263 cm³/mol. The highest BCUT2D eigenvalue weighted by atomic mass is 16.8. The van der Waals surface area contributed by atoms with Crippen molar-refractivity contribution in [1.29, 1.82) is 0 Å². The summed E-state index contributed by atoms with van der Waals surface area (Å²) < 4.78 is 57.6. The first-order valence-electron chi connectivity index (χ1n) is 23.9. The number of esters is 2. The number of benzene rings is 4. The number of fused-ring (bicyclic) bond motifs is 1. The highest BCUT2D eigenvalue weighted by Crippen LogP contribution is 2.44. The van der Waals surface area contributed by atoms with E-state index in [4.69, 9.17) is 47.0 Å². The van der Waals surface area contributed by atoms with Gasteiger partial charge in [-0.3, -0.25) is 0 Å². The number of aliphatic hydroxyl groups excluding tert-OH is 9. The van der Waals surface area contributed by atoms with Crippen LogP contribution >= 0.6 is 0 Å². The zero-order valence-electron chi connectivity index (χ0n) is 41.1. The van der Waals surface area contributed by atoms with Gasteiger partial charge in [-0.05, 0) is 59.7 Å². The number of ether oxygens (including phenoxy) is 9. The summed E-state index contributed by atoms with van der Waals surface area (Å²) in [5.74, 6) is -5.92. The minimum absolute atomic E-state index is 0.0572. The van der Waals surface area contributed by atoms with Crippen LogP contribution in [-0.4, -0.2) is 208 Å². The molecule has 15 N–H and O–H groups in total. The zero-order valence-corrected chi connectivity index (χ0v) is 41.1. The smallest absolute Gasteiger partial charge is 0.402 e. The van der Waals surface area contributed by atoms with Gasteiger partial charge in [-0.1, -0.05) is 12.1 Å². The lowest BCUT2D eigenvalue weighted by Gasteiger charge is -2.45. The maximum Gasteiger partial charge on any atom is 0.402 e. The Labute approximate surface area is 445 Å². The van der Waals surface area contributed by atoms with Crippen LogP contribution in [0.1, 0.15) is 11.1 Å². The molecular formula is C52H55O27+. The molecule has 424 valence electrons. The average Bonchev–Trinajstić information content (AvgIpc) is 3.43. The molecule has 15 atom stereocenters. The van der Waals surface area contributed by atoms with Crippen LogP contribution < -0.4 is 14.2 Å². The molecule has 4 aromatic carbocycles. The van der Waals surface area contributed by atoms with E-state index in [2.05, 4.69) is 0 Å². The van der Waals surface area contributed by atoms with E-state index in [1.165, 1.54) is 55.7 Å². The van der Waals surface area contributed by atoms with Crippen molar-refractivity contribution in [2.75, 3.05) is 26.9 Å². The summed E-state index contributed by atoms with van der Waals surface area (Å²) in [5.41, 5.74) is 0.390. The molecule has 0 radical (unpaired) electrons. The number of rotatable bonds is 17. The number of phenols is 6. The summed E-state index contributed by atoms with van der Waals surface area (Å²) in [5, 5.41) is 159. The first-order valence-corrected chi connectivity index (χ1v) is 23.9. The zero-order chi connectivity index (χ0) is 57.0. The standard InChI is InChI=1S/C52H54O27/c1-70-33-13-22(3-8-28(33)57)5-11-39(61)71-19-36-41(63)44(66)47(69)51(77-36)79-49-45(67)42(64)37(20-72-38(60)10-4-21-2-7-26(55)29(58)12-21)78-52(49)75-34-17-25-31(73-48(34)23-6-9-27(56)30(59)14-23)15-24(54)16-32(25)74-50-46(68)43(65)40(62)35(18-53)76-50/h2-17,35-37,40-47,49-53,62-69H,18-20H2,1H3,(H5-,54,55,56,57,58,59,60,61)/p+1/t35-,36-,37-,40+,41+,42+,43-,44+,45+,46+,47+,49+,50+,51-,52+/m0/s1. The summed E-state index contributed by atoms with van der Waals surface area (Å²) >= 11 is 0. The SMILES string of the molecule is COc1cc(C=CC(=O)OC[C@@H]2O[C@@H](O[C@H]3[C@H](Oc4cc5c(O[C@@H]6O[C@@H](CO)[C@@H](O)[C@H](O)[C@H]6O)cc(O)cc5[o+]c4-c4ccc(O)c(O)c4)O[C@@H](COC(=O)C=Cc4ccc(O)c(O)c4)[C@@H](O)[C@H]3O)[C@H](O)[C@H](O)[C@@H]2O)ccc1O. The molecule has 0 saturated carbocycles. The van der Waals surface area contributed by atoms with Crippen LogP contribution in [0.15, 0.2) is 89.4 Å². The molecule has 3 fully saturated rings. The molecule has 27 heteroatoms. The molecule has 0 spiro atoms. The molecule has 0 unspecified atom stereocenters. The van der Waals surface area contributed by atoms with E-state index >= 15 is 0 Å².